The summed E-state index contributed by atoms with van der Waals surface area (Å²) in [6, 6.07) is 0. The zero-order valence-electron chi connectivity index (χ0n) is 8.33. The Bertz CT molecular complexity index is 215. The second kappa shape index (κ2) is 5.56. The monoisotopic (exact) mass is 204 g/mol. The van der Waals surface area contributed by atoms with Gasteiger partial charge in [0.1, 0.15) is 0 Å². The van der Waals surface area contributed by atoms with Gasteiger partial charge in [-0.3, -0.25) is 9.59 Å². The quantitative estimate of drug-likeness (QED) is 0.397. The highest BCUT2D eigenvalue weighted by Gasteiger charge is 2.23. The molecule has 0 heterocycles. The molecule has 0 spiro atoms. The van der Waals surface area contributed by atoms with Gasteiger partial charge >= 0.3 is 11.8 Å². The van der Waals surface area contributed by atoms with Crippen LogP contribution in [0.5, 0.6) is 0 Å². The van der Waals surface area contributed by atoms with E-state index in [1.54, 1.807) is 13.8 Å². The first-order valence-electron chi connectivity index (χ1n) is 4.25. The van der Waals surface area contributed by atoms with E-state index in [4.69, 9.17) is 10.2 Å². The fourth-order valence-electron chi connectivity index (χ4n) is 0.653. The molecular weight excluding hydrogens is 188 g/mol. The van der Waals surface area contributed by atoms with Gasteiger partial charge in [0.05, 0.1) is 18.8 Å². The second-order valence-electron chi connectivity index (χ2n) is 3.48. The van der Waals surface area contributed by atoms with Gasteiger partial charge in [0.25, 0.3) is 0 Å². The van der Waals surface area contributed by atoms with E-state index in [9.17, 15) is 9.59 Å². The van der Waals surface area contributed by atoms with E-state index in [1.165, 1.54) is 0 Å². The van der Waals surface area contributed by atoms with Crippen LogP contribution < -0.4 is 10.6 Å². The van der Waals surface area contributed by atoms with Crippen molar-refractivity contribution in [2.75, 3.05) is 19.8 Å². The molecule has 0 saturated carbocycles. The topological polar surface area (TPSA) is 98.7 Å². The zero-order valence-corrected chi connectivity index (χ0v) is 8.33. The molecule has 4 N–H and O–H groups in total. The van der Waals surface area contributed by atoms with E-state index in [-0.39, 0.29) is 19.8 Å². The van der Waals surface area contributed by atoms with Crippen molar-refractivity contribution in [2.45, 2.75) is 19.4 Å². The number of hydrogen-bond donors (Lipinski definition) is 4. The van der Waals surface area contributed by atoms with Crippen molar-refractivity contribution in [2.24, 2.45) is 0 Å². The Kier molecular flexibility index (Phi) is 5.11. The van der Waals surface area contributed by atoms with Gasteiger partial charge in [0.2, 0.25) is 0 Å². The van der Waals surface area contributed by atoms with E-state index in [1.807, 2.05) is 0 Å². The summed E-state index contributed by atoms with van der Waals surface area (Å²) in [4.78, 5) is 22.1. The molecule has 0 bridgehead atoms. The van der Waals surface area contributed by atoms with Crippen LogP contribution in [0.25, 0.3) is 0 Å². The van der Waals surface area contributed by atoms with Crippen LogP contribution in [0.2, 0.25) is 0 Å². The van der Waals surface area contributed by atoms with Gasteiger partial charge in [0, 0.05) is 6.54 Å². The predicted molar refractivity (Wildman–Crippen MR) is 49.4 cm³/mol. The van der Waals surface area contributed by atoms with Crippen LogP contribution in [0.4, 0.5) is 0 Å². The molecule has 0 aliphatic heterocycles. The third kappa shape index (κ3) is 4.78. The van der Waals surface area contributed by atoms with Crippen molar-refractivity contribution in [3.63, 3.8) is 0 Å². The van der Waals surface area contributed by atoms with E-state index in [0.29, 0.717) is 0 Å². The Hall–Kier alpha value is -1.14. The minimum atomic E-state index is -0.826. The number of amides is 2. The molecule has 0 atom stereocenters. The lowest BCUT2D eigenvalue weighted by Gasteiger charge is -2.22. The summed E-state index contributed by atoms with van der Waals surface area (Å²) in [5.74, 6) is -1.64. The average Bonchev–Trinajstić information content (AvgIpc) is 2.13. The summed E-state index contributed by atoms with van der Waals surface area (Å²) in [5, 5.41) is 21.7. The maximum absolute atomic E-state index is 11.1. The zero-order chi connectivity index (χ0) is 11.2. The number of nitrogens with one attached hydrogen (secondary N) is 2. The fraction of sp³-hybridized carbons (Fsp3) is 0.750. The molecule has 0 saturated heterocycles. The molecule has 0 aromatic carbocycles. The molecule has 0 radical (unpaired) electrons. The fourth-order valence-corrected chi connectivity index (χ4v) is 0.653. The maximum Gasteiger partial charge on any atom is 0.309 e. The molecule has 0 aliphatic carbocycles. The molecule has 2 amide bonds. The Balaban J connectivity index is 4.02. The average molecular weight is 204 g/mol. The SMILES string of the molecule is CC(C)(CO)NC(=O)C(=O)NCCO. The predicted octanol–water partition coefficient (Wildman–Crippen LogP) is -2.02. The summed E-state index contributed by atoms with van der Waals surface area (Å²) in [7, 11) is 0. The Morgan fingerprint density at radius 3 is 2.21 bits per heavy atom. The molecule has 0 unspecified atom stereocenters. The molecule has 0 rings (SSSR count). The van der Waals surface area contributed by atoms with Crippen LogP contribution in [0.3, 0.4) is 0 Å². The Morgan fingerprint density at radius 1 is 1.21 bits per heavy atom. The van der Waals surface area contributed by atoms with E-state index < -0.39 is 17.4 Å². The van der Waals surface area contributed by atoms with Crippen molar-refractivity contribution >= 4 is 11.8 Å². The molecule has 0 aliphatic rings. The largest absolute Gasteiger partial charge is 0.395 e. The lowest BCUT2D eigenvalue weighted by Crippen LogP contribution is -2.51. The minimum Gasteiger partial charge on any atom is -0.395 e. The number of carbonyl (C=O) groups is 2. The summed E-state index contributed by atoms with van der Waals surface area (Å²) < 4.78 is 0. The van der Waals surface area contributed by atoms with Crippen LogP contribution >= 0.6 is 0 Å². The number of aliphatic hydroxyl groups is 2. The van der Waals surface area contributed by atoms with Crippen molar-refractivity contribution in [1.29, 1.82) is 0 Å². The highest BCUT2D eigenvalue weighted by molar-refractivity contribution is 6.35. The third-order valence-corrected chi connectivity index (χ3v) is 1.45. The van der Waals surface area contributed by atoms with Gasteiger partial charge in [-0.25, -0.2) is 0 Å². The second-order valence-corrected chi connectivity index (χ2v) is 3.48. The maximum atomic E-state index is 11.1. The van der Waals surface area contributed by atoms with Gasteiger partial charge in [-0.05, 0) is 13.8 Å². The van der Waals surface area contributed by atoms with Crippen LogP contribution in [-0.4, -0.2) is 47.3 Å². The van der Waals surface area contributed by atoms with Crippen LogP contribution in [0.1, 0.15) is 13.8 Å². The summed E-state index contributed by atoms with van der Waals surface area (Å²) in [6.45, 7) is 2.73. The normalized spacial score (nSPS) is 10.9. The first kappa shape index (κ1) is 12.9. The number of hydrogen-bond acceptors (Lipinski definition) is 4. The Labute approximate surface area is 82.3 Å². The van der Waals surface area contributed by atoms with Gasteiger partial charge in [-0.1, -0.05) is 0 Å². The number of carbonyl (C=O) groups excluding carboxylic acids is 2. The van der Waals surface area contributed by atoms with Crippen LogP contribution in [0.15, 0.2) is 0 Å². The van der Waals surface area contributed by atoms with E-state index >= 15 is 0 Å². The van der Waals surface area contributed by atoms with Crippen LogP contribution in [0, 0.1) is 0 Å². The summed E-state index contributed by atoms with van der Waals surface area (Å²) in [5.41, 5.74) is -0.826. The van der Waals surface area contributed by atoms with Gasteiger partial charge in [0.15, 0.2) is 0 Å². The number of rotatable bonds is 4. The lowest BCUT2D eigenvalue weighted by molar-refractivity contribution is -0.140. The molecule has 6 nitrogen and oxygen atoms in total. The standard InChI is InChI=1S/C8H16N2O4/c1-8(2,5-12)10-7(14)6(13)9-3-4-11/h11-12H,3-5H2,1-2H3,(H,9,13)(H,10,14). The number of aliphatic hydroxyl groups excluding tert-OH is 2. The molecule has 0 aromatic rings. The molecule has 14 heavy (non-hydrogen) atoms. The minimum absolute atomic E-state index is 0.0335. The smallest absolute Gasteiger partial charge is 0.309 e. The summed E-state index contributed by atoms with van der Waals surface area (Å²) in [6.07, 6.45) is 0. The molecule has 0 aromatic heterocycles. The molecule has 6 heteroatoms. The lowest BCUT2D eigenvalue weighted by atomic mass is 10.1. The van der Waals surface area contributed by atoms with Crippen molar-refractivity contribution in [3.05, 3.63) is 0 Å². The van der Waals surface area contributed by atoms with Crippen LogP contribution in [-0.2, 0) is 9.59 Å². The van der Waals surface area contributed by atoms with Crippen molar-refractivity contribution in [1.82, 2.24) is 10.6 Å². The molecular formula is C8H16N2O4. The van der Waals surface area contributed by atoms with Crippen molar-refractivity contribution in [3.8, 4) is 0 Å². The van der Waals surface area contributed by atoms with Gasteiger partial charge in [-0.15, -0.1) is 0 Å². The van der Waals surface area contributed by atoms with Gasteiger partial charge < -0.3 is 20.8 Å². The van der Waals surface area contributed by atoms with Gasteiger partial charge in [-0.2, -0.15) is 0 Å². The molecule has 82 valence electrons. The van der Waals surface area contributed by atoms with Crippen molar-refractivity contribution < 1.29 is 19.8 Å². The highest BCUT2D eigenvalue weighted by Crippen LogP contribution is 1.98. The van der Waals surface area contributed by atoms with E-state index in [0.717, 1.165) is 0 Å². The Morgan fingerprint density at radius 2 is 1.79 bits per heavy atom. The third-order valence-electron chi connectivity index (χ3n) is 1.45. The first-order chi connectivity index (χ1) is 6.43. The molecule has 0 fully saturated rings. The highest BCUT2D eigenvalue weighted by atomic mass is 16.3. The first-order valence-corrected chi connectivity index (χ1v) is 4.25. The van der Waals surface area contributed by atoms with E-state index in [2.05, 4.69) is 10.6 Å². The summed E-state index contributed by atoms with van der Waals surface area (Å²) >= 11 is 0.